The highest BCUT2D eigenvalue weighted by molar-refractivity contribution is 5.33. The van der Waals surface area contributed by atoms with Crippen molar-refractivity contribution in [1.29, 1.82) is 0 Å². The van der Waals surface area contributed by atoms with E-state index >= 15 is 0 Å². The van der Waals surface area contributed by atoms with Gasteiger partial charge in [0, 0.05) is 6.07 Å². The van der Waals surface area contributed by atoms with Crippen LogP contribution in [0, 0.1) is 0 Å². The lowest BCUT2D eigenvalue weighted by Gasteiger charge is -2.17. The normalized spacial score (nSPS) is 11.9. The van der Waals surface area contributed by atoms with Crippen LogP contribution in [0.25, 0.3) is 0 Å². The third kappa shape index (κ3) is 3.24. The Kier molecular flexibility index (Phi) is 4.90. The Morgan fingerprint density at radius 2 is 1.75 bits per heavy atom. The van der Waals surface area contributed by atoms with Crippen molar-refractivity contribution in [3.63, 3.8) is 0 Å². The van der Waals surface area contributed by atoms with E-state index < -0.39 is 0 Å². The first-order valence-corrected chi connectivity index (χ1v) is 6.53. The quantitative estimate of drug-likeness (QED) is 0.874. The van der Waals surface area contributed by atoms with E-state index in [0.717, 1.165) is 23.6 Å². The van der Waals surface area contributed by atoms with Gasteiger partial charge >= 0.3 is 0 Å². The minimum Gasteiger partial charge on any atom is -0.497 e. The van der Waals surface area contributed by atoms with Crippen molar-refractivity contribution in [1.82, 2.24) is 15.5 Å². The van der Waals surface area contributed by atoms with Crippen molar-refractivity contribution >= 4 is 0 Å². The number of nitrogens with zero attached hydrogens (tertiary/aromatic N) is 2. The van der Waals surface area contributed by atoms with Gasteiger partial charge < -0.3 is 14.8 Å². The largest absolute Gasteiger partial charge is 0.497 e. The molecule has 1 aromatic carbocycles. The van der Waals surface area contributed by atoms with Gasteiger partial charge in [0.25, 0.3) is 0 Å². The molecule has 0 bridgehead atoms. The average Bonchev–Trinajstić information content (AvgIpc) is 2.53. The van der Waals surface area contributed by atoms with Crippen molar-refractivity contribution in [2.75, 3.05) is 20.8 Å². The topological polar surface area (TPSA) is 56.3 Å². The third-order valence-corrected chi connectivity index (χ3v) is 3.02. The zero-order valence-electron chi connectivity index (χ0n) is 12.0. The fourth-order valence-corrected chi connectivity index (χ4v) is 1.99. The Balaban J connectivity index is 2.28. The van der Waals surface area contributed by atoms with E-state index in [0.29, 0.717) is 5.88 Å². The summed E-state index contributed by atoms with van der Waals surface area (Å²) in [6.45, 7) is 2.90. The second-order valence-electron chi connectivity index (χ2n) is 4.26. The molecule has 0 amide bonds. The highest BCUT2D eigenvalue weighted by Gasteiger charge is 2.15. The molecular formula is C15H19N3O2. The molecule has 2 rings (SSSR count). The molecule has 1 unspecified atom stereocenters. The second kappa shape index (κ2) is 6.86. The Morgan fingerprint density at radius 3 is 2.25 bits per heavy atom. The van der Waals surface area contributed by atoms with Crippen molar-refractivity contribution in [3.8, 4) is 11.6 Å². The lowest BCUT2D eigenvalue weighted by molar-refractivity contribution is 0.390. The number of benzene rings is 1. The van der Waals surface area contributed by atoms with Crippen LogP contribution in [-0.4, -0.2) is 31.0 Å². The lowest BCUT2D eigenvalue weighted by Crippen LogP contribution is -2.23. The molecule has 5 heteroatoms. The predicted octanol–water partition coefficient (Wildman–Crippen LogP) is 2.19. The van der Waals surface area contributed by atoms with Gasteiger partial charge in [-0.1, -0.05) is 19.1 Å². The van der Waals surface area contributed by atoms with E-state index in [1.165, 1.54) is 0 Å². The van der Waals surface area contributed by atoms with Crippen LogP contribution in [0.15, 0.2) is 36.4 Å². The molecule has 1 aromatic heterocycles. The molecule has 0 fully saturated rings. The summed E-state index contributed by atoms with van der Waals surface area (Å²) in [5.41, 5.74) is 1.98. The van der Waals surface area contributed by atoms with Gasteiger partial charge in [-0.2, -0.15) is 0 Å². The predicted molar refractivity (Wildman–Crippen MR) is 77.1 cm³/mol. The molecule has 0 aliphatic heterocycles. The fraction of sp³-hybridized carbons (Fsp3) is 0.333. The summed E-state index contributed by atoms with van der Waals surface area (Å²) in [4.78, 5) is 0. The Morgan fingerprint density at radius 1 is 1.00 bits per heavy atom. The standard InChI is InChI=1S/C15H19N3O2/c1-4-16-15(11-5-7-12(19-2)8-6-11)13-9-10-14(20-3)18-17-13/h5-10,15-16H,4H2,1-3H3. The Labute approximate surface area is 118 Å². The summed E-state index contributed by atoms with van der Waals surface area (Å²) in [6, 6.07) is 11.7. The maximum atomic E-state index is 5.18. The molecule has 5 nitrogen and oxygen atoms in total. The van der Waals surface area contributed by atoms with Gasteiger partial charge in [-0.15, -0.1) is 10.2 Å². The van der Waals surface area contributed by atoms with Gasteiger partial charge in [0.05, 0.1) is 26.0 Å². The molecule has 1 atom stereocenters. The van der Waals surface area contributed by atoms with Crippen LogP contribution < -0.4 is 14.8 Å². The van der Waals surface area contributed by atoms with E-state index in [4.69, 9.17) is 9.47 Å². The van der Waals surface area contributed by atoms with Gasteiger partial charge in [0.2, 0.25) is 5.88 Å². The number of nitrogens with one attached hydrogen (secondary N) is 1. The zero-order chi connectivity index (χ0) is 14.4. The summed E-state index contributed by atoms with van der Waals surface area (Å²) in [6.07, 6.45) is 0. The summed E-state index contributed by atoms with van der Waals surface area (Å²) < 4.78 is 10.2. The smallest absolute Gasteiger partial charge is 0.233 e. The average molecular weight is 273 g/mol. The molecule has 1 heterocycles. The van der Waals surface area contributed by atoms with Crippen molar-refractivity contribution in [3.05, 3.63) is 47.7 Å². The molecule has 0 radical (unpaired) electrons. The number of rotatable bonds is 6. The van der Waals surface area contributed by atoms with Crippen LogP contribution in [0.4, 0.5) is 0 Å². The molecule has 0 aliphatic carbocycles. The maximum absolute atomic E-state index is 5.18. The first kappa shape index (κ1) is 14.3. The van der Waals surface area contributed by atoms with Gasteiger partial charge in [0.15, 0.2) is 0 Å². The molecule has 0 saturated carbocycles. The zero-order valence-corrected chi connectivity index (χ0v) is 12.0. The van der Waals surface area contributed by atoms with Crippen LogP contribution in [0.1, 0.15) is 24.2 Å². The van der Waals surface area contributed by atoms with Crippen molar-refractivity contribution in [2.45, 2.75) is 13.0 Å². The molecule has 20 heavy (non-hydrogen) atoms. The first-order valence-electron chi connectivity index (χ1n) is 6.53. The van der Waals surface area contributed by atoms with E-state index in [2.05, 4.69) is 22.4 Å². The molecule has 2 aromatic rings. The maximum Gasteiger partial charge on any atom is 0.233 e. The van der Waals surface area contributed by atoms with Gasteiger partial charge in [0.1, 0.15) is 5.75 Å². The molecular weight excluding hydrogens is 254 g/mol. The monoisotopic (exact) mass is 273 g/mol. The van der Waals surface area contributed by atoms with E-state index in [9.17, 15) is 0 Å². The third-order valence-electron chi connectivity index (χ3n) is 3.02. The van der Waals surface area contributed by atoms with Crippen molar-refractivity contribution < 1.29 is 9.47 Å². The number of ether oxygens (including phenoxy) is 2. The van der Waals surface area contributed by atoms with Crippen molar-refractivity contribution in [2.24, 2.45) is 0 Å². The summed E-state index contributed by atoms with van der Waals surface area (Å²) in [5, 5.41) is 11.6. The van der Waals surface area contributed by atoms with E-state index in [-0.39, 0.29) is 6.04 Å². The van der Waals surface area contributed by atoms with Crippen LogP contribution >= 0.6 is 0 Å². The van der Waals surface area contributed by atoms with E-state index in [1.54, 1.807) is 14.2 Å². The number of hydrogen-bond donors (Lipinski definition) is 1. The molecule has 0 saturated heterocycles. The van der Waals surface area contributed by atoms with Crippen LogP contribution in [0.2, 0.25) is 0 Å². The SMILES string of the molecule is CCNC(c1ccc(OC)cc1)c1ccc(OC)nn1. The van der Waals surface area contributed by atoms with Crippen LogP contribution in [0.3, 0.4) is 0 Å². The fourth-order valence-electron chi connectivity index (χ4n) is 1.99. The first-order chi connectivity index (χ1) is 9.78. The number of methoxy groups -OCH3 is 2. The minimum atomic E-state index is 0.00399. The number of aromatic nitrogens is 2. The highest BCUT2D eigenvalue weighted by Crippen LogP contribution is 2.23. The summed E-state index contributed by atoms with van der Waals surface area (Å²) >= 11 is 0. The molecule has 106 valence electrons. The lowest BCUT2D eigenvalue weighted by atomic mass is 10.0. The molecule has 0 aliphatic rings. The highest BCUT2D eigenvalue weighted by atomic mass is 16.5. The Bertz CT molecular complexity index is 478. The van der Waals surface area contributed by atoms with Crippen LogP contribution in [0.5, 0.6) is 11.6 Å². The summed E-state index contributed by atoms with van der Waals surface area (Å²) in [5.74, 6) is 1.35. The van der Waals surface area contributed by atoms with Crippen LogP contribution in [-0.2, 0) is 0 Å². The molecule has 1 N–H and O–H groups in total. The molecule has 0 spiro atoms. The van der Waals surface area contributed by atoms with Gasteiger partial charge in [-0.25, -0.2) is 0 Å². The van der Waals surface area contributed by atoms with Gasteiger partial charge in [-0.05, 0) is 30.3 Å². The second-order valence-corrected chi connectivity index (χ2v) is 4.26. The minimum absolute atomic E-state index is 0.00399. The van der Waals surface area contributed by atoms with E-state index in [1.807, 2.05) is 36.4 Å². The Hall–Kier alpha value is -2.14. The van der Waals surface area contributed by atoms with Gasteiger partial charge in [-0.3, -0.25) is 0 Å². The number of hydrogen-bond acceptors (Lipinski definition) is 5. The summed E-state index contributed by atoms with van der Waals surface area (Å²) in [7, 11) is 3.24.